The van der Waals surface area contributed by atoms with E-state index in [1.165, 1.54) is 14.2 Å². The predicted octanol–water partition coefficient (Wildman–Crippen LogP) is 1.57. The van der Waals surface area contributed by atoms with Crippen molar-refractivity contribution in [2.45, 2.75) is 6.92 Å². The summed E-state index contributed by atoms with van der Waals surface area (Å²) in [6.45, 7) is 5.15. The van der Waals surface area contributed by atoms with E-state index in [-0.39, 0.29) is 0 Å². The van der Waals surface area contributed by atoms with E-state index in [9.17, 15) is 9.59 Å². The molecule has 0 aromatic carbocycles. The molecule has 0 spiro atoms. The number of nitrogens with one attached hydrogen (secondary N) is 1. The van der Waals surface area contributed by atoms with Crippen LogP contribution in [0.3, 0.4) is 0 Å². The highest BCUT2D eigenvalue weighted by Crippen LogP contribution is 2.34. The number of ether oxygens (including phenoxy) is 2. The second kappa shape index (κ2) is 7.91. The highest BCUT2D eigenvalue weighted by molar-refractivity contribution is 7.80. The van der Waals surface area contributed by atoms with Gasteiger partial charge in [-0.15, -0.1) is 11.3 Å². The van der Waals surface area contributed by atoms with E-state index >= 15 is 0 Å². The minimum atomic E-state index is -0.511. The second-order valence-corrected chi connectivity index (χ2v) is 6.87. The summed E-state index contributed by atoms with van der Waals surface area (Å²) in [4.78, 5) is 28.6. The SMILES string of the molecule is COC(=O)c1sc(NC(=S)N2CCN(C)CC2)c(C(=O)OC)c1C. The van der Waals surface area contributed by atoms with Crippen LogP contribution in [0.4, 0.5) is 5.00 Å². The number of rotatable bonds is 3. The van der Waals surface area contributed by atoms with Gasteiger partial charge in [0.2, 0.25) is 0 Å². The van der Waals surface area contributed by atoms with Gasteiger partial charge in [0.05, 0.1) is 19.8 Å². The van der Waals surface area contributed by atoms with Gasteiger partial charge in [0.1, 0.15) is 9.88 Å². The number of nitrogens with zero attached hydrogens (tertiary/aromatic N) is 2. The lowest BCUT2D eigenvalue weighted by molar-refractivity contribution is 0.0601. The Morgan fingerprint density at radius 1 is 1.12 bits per heavy atom. The molecule has 0 aliphatic carbocycles. The van der Waals surface area contributed by atoms with Gasteiger partial charge in [-0.25, -0.2) is 9.59 Å². The summed E-state index contributed by atoms with van der Waals surface area (Å²) in [7, 11) is 4.68. The molecule has 0 amide bonds. The molecular weight excluding hydrogens is 350 g/mol. The van der Waals surface area contributed by atoms with E-state index in [1.807, 2.05) is 4.90 Å². The summed E-state index contributed by atoms with van der Waals surface area (Å²) in [6.07, 6.45) is 0. The number of esters is 2. The van der Waals surface area contributed by atoms with Gasteiger partial charge in [-0.3, -0.25) is 0 Å². The first-order valence-corrected chi connectivity index (χ1v) is 8.66. The number of carbonyl (C=O) groups is 2. The van der Waals surface area contributed by atoms with E-state index in [1.54, 1.807) is 6.92 Å². The van der Waals surface area contributed by atoms with Crippen LogP contribution in [-0.4, -0.2) is 74.3 Å². The van der Waals surface area contributed by atoms with Crippen LogP contribution in [0.25, 0.3) is 0 Å². The average Bonchev–Trinajstić information content (AvgIpc) is 2.90. The monoisotopic (exact) mass is 371 g/mol. The Hall–Kier alpha value is -1.71. The van der Waals surface area contributed by atoms with Gasteiger partial charge in [-0.2, -0.15) is 0 Å². The Kier molecular flexibility index (Phi) is 6.14. The van der Waals surface area contributed by atoms with Gasteiger partial charge in [-0.05, 0) is 31.8 Å². The molecule has 2 heterocycles. The molecule has 1 aliphatic heterocycles. The molecule has 2 rings (SSSR count). The molecular formula is C15H21N3O4S2. The molecule has 0 bridgehead atoms. The molecule has 1 fully saturated rings. The molecule has 1 N–H and O–H groups in total. The number of anilines is 1. The molecule has 0 atom stereocenters. The summed E-state index contributed by atoms with van der Waals surface area (Å²) in [5.74, 6) is -0.996. The van der Waals surface area contributed by atoms with Crippen LogP contribution in [-0.2, 0) is 9.47 Å². The van der Waals surface area contributed by atoms with Crippen LogP contribution in [0.15, 0.2) is 0 Å². The van der Waals surface area contributed by atoms with E-state index in [0.29, 0.717) is 26.1 Å². The maximum atomic E-state index is 12.1. The van der Waals surface area contributed by atoms with E-state index in [4.69, 9.17) is 21.7 Å². The van der Waals surface area contributed by atoms with E-state index in [2.05, 4.69) is 17.3 Å². The summed E-state index contributed by atoms with van der Waals surface area (Å²) in [5, 5.41) is 4.14. The van der Waals surface area contributed by atoms with Crippen molar-refractivity contribution in [1.29, 1.82) is 0 Å². The first kappa shape index (κ1) is 18.6. The Morgan fingerprint density at radius 3 is 2.25 bits per heavy atom. The summed E-state index contributed by atoms with van der Waals surface area (Å²) >= 11 is 6.60. The maximum Gasteiger partial charge on any atom is 0.348 e. The van der Waals surface area contributed by atoms with Crippen molar-refractivity contribution in [1.82, 2.24) is 9.80 Å². The maximum absolute atomic E-state index is 12.1. The molecule has 0 saturated carbocycles. The smallest absolute Gasteiger partial charge is 0.348 e. The average molecular weight is 371 g/mol. The number of likely N-dealkylation sites (N-methyl/N-ethyl adjacent to an activating group) is 1. The van der Waals surface area contributed by atoms with Gasteiger partial charge in [0.25, 0.3) is 0 Å². The molecule has 1 aliphatic rings. The Labute approximate surface area is 150 Å². The van der Waals surface area contributed by atoms with Crippen LogP contribution < -0.4 is 5.32 Å². The number of piperazine rings is 1. The molecule has 9 heteroatoms. The third kappa shape index (κ3) is 3.85. The number of thiophene rings is 1. The highest BCUT2D eigenvalue weighted by Gasteiger charge is 2.27. The number of hydrogen-bond donors (Lipinski definition) is 1. The van der Waals surface area contributed by atoms with Crippen LogP contribution >= 0.6 is 23.6 Å². The van der Waals surface area contributed by atoms with Crippen molar-refractivity contribution in [2.24, 2.45) is 0 Å². The van der Waals surface area contributed by atoms with Crippen molar-refractivity contribution in [3.63, 3.8) is 0 Å². The lowest BCUT2D eigenvalue weighted by Gasteiger charge is -2.34. The number of hydrogen-bond acceptors (Lipinski definition) is 7. The van der Waals surface area contributed by atoms with Crippen LogP contribution in [0.2, 0.25) is 0 Å². The zero-order valence-electron chi connectivity index (χ0n) is 14.2. The first-order valence-electron chi connectivity index (χ1n) is 7.43. The summed E-state index contributed by atoms with van der Waals surface area (Å²) in [6, 6.07) is 0. The largest absolute Gasteiger partial charge is 0.465 e. The first-order chi connectivity index (χ1) is 11.4. The molecule has 1 aromatic rings. The molecule has 0 radical (unpaired) electrons. The van der Waals surface area contributed by atoms with Gasteiger partial charge in [0, 0.05) is 26.2 Å². The van der Waals surface area contributed by atoms with Crippen molar-refractivity contribution >= 4 is 45.6 Å². The lowest BCUT2D eigenvalue weighted by atomic mass is 10.1. The summed E-state index contributed by atoms with van der Waals surface area (Å²) in [5.41, 5.74) is 0.849. The van der Waals surface area contributed by atoms with Crippen molar-refractivity contribution in [3.8, 4) is 0 Å². The number of carbonyl (C=O) groups excluding carboxylic acids is 2. The zero-order chi connectivity index (χ0) is 17.9. The molecule has 132 valence electrons. The highest BCUT2D eigenvalue weighted by atomic mass is 32.1. The molecule has 1 aromatic heterocycles. The van der Waals surface area contributed by atoms with Gasteiger partial charge in [-0.1, -0.05) is 0 Å². The third-order valence-electron chi connectivity index (χ3n) is 3.92. The van der Waals surface area contributed by atoms with Crippen LogP contribution in [0.5, 0.6) is 0 Å². The number of thiocarbonyl (C=S) groups is 1. The Bertz CT molecular complexity index is 651. The zero-order valence-corrected chi connectivity index (χ0v) is 15.8. The van der Waals surface area contributed by atoms with Crippen molar-refractivity contribution in [3.05, 3.63) is 16.0 Å². The topological polar surface area (TPSA) is 71.1 Å². The van der Waals surface area contributed by atoms with E-state index in [0.717, 1.165) is 37.5 Å². The summed E-state index contributed by atoms with van der Waals surface area (Å²) < 4.78 is 9.61. The second-order valence-electron chi connectivity index (χ2n) is 5.46. The molecule has 0 unspecified atom stereocenters. The van der Waals surface area contributed by atoms with Crippen molar-refractivity contribution < 1.29 is 19.1 Å². The lowest BCUT2D eigenvalue weighted by Crippen LogP contribution is -2.48. The van der Waals surface area contributed by atoms with Gasteiger partial charge >= 0.3 is 11.9 Å². The van der Waals surface area contributed by atoms with Crippen LogP contribution in [0.1, 0.15) is 25.6 Å². The minimum absolute atomic E-state index is 0.319. The fraction of sp³-hybridized carbons (Fsp3) is 0.533. The normalized spacial score (nSPS) is 15.1. The molecule has 7 nitrogen and oxygen atoms in total. The Balaban J connectivity index is 2.26. The third-order valence-corrected chi connectivity index (χ3v) is 5.47. The van der Waals surface area contributed by atoms with Crippen LogP contribution in [0, 0.1) is 6.92 Å². The molecule has 24 heavy (non-hydrogen) atoms. The van der Waals surface area contributed by atoms with E-state index < -0.39 is 11.9 Å². The predicted molar refractivity (Wildman–Crippen MR) is 97.0 cm³/mol. The fourth-order valence-electron chi connectivity index (χ4n) is 2.42. The van der Waals surface area contributed by atoms with Gasteiger partial charge < -0.3 is 24.6 Å². The fourth-order valence-corrected chi connectivity index (χ4v) is 3.88. The standard InChI is InChI=1S/C15H21N3O4S2/c1-9-10(13(19)21-3)12(24-11(9)14(20)22-4)16-15(23)18-7-5-17(2)6-8-18/h5-8H2,1-4H3,(H,16,23). The van der Waals surface area contributed by atoms with Crippen molar-refractivity contribution in [2.75, 3.05) is 52.8 Å². The Morgan fingerprint density at radius 2 is 1.71 bits per heavy atom. The molecule has 1 saturated heterocycles. The van der Waals surface area contributed by atoms with Gasteiger partial charge in [0.15, 0.2) is 5.11 Å². The quantitative estimate of drug-likeness (QED) is 0.634. The number of methoxy groups -OCH3 is 2. The minimum Gasteiger partial charge on any atom is -0.465 e.